The number of carbonyl (C=O) groups is 2. The first kappa shape index (κ1) is 16.7. The molecular formula is C18H18FNO3. The first-order valence-electron chi connectivity index (χ1n) is 7.23. The van der Waals surface area contributed by atoms with Gasteiger partial charge in [-0.2, -0.15) is 0 Å². The van der Waals surface area contributed by atoms with Gasteiger partial charge in [0.05, 0.1) is 6.61 Å². The molecule has 1 amide bonds. The van der Waals surface area contributed by atoms with E-state index in [1.807, 2.05) is 6.07 Å². The van der Waals surface area contributed by atoms with Crippen molar-refractivity contribution in [2.75, 3.05) is 6.61 Å². The molecule has 1 atom stereocenters. The maximum absolute atomic E-state index is 14.5. The fraction of sp³-hybridized carbons (Fsp3) is 0.222. The van der Waals surface area contributed by atoms with Crippen LogP contribution in [0.25, 0.3) is 11.1 Å². The van der Waals surface area contributed by atoms with Crippen molar-refractivity contribution < 1.29 is 18.7 Å². The average molecular weight is 315 g/mol. The predicted molar refractivity (Wildman–Crippen MR) is 85.0 cm³/mol. The Balaban J connectivity index is 2.49. The van der Waals surface area contributed by atoms with E-state index >= 15 is 0 Å². The maximum Gasteiger partial charge on any atom is 0.325 e. The summed E-state index contributed by atoms with van der Waals surface area (Å²) < 4.78 is 19.4. The number of hydrogen-bond acceptors (Lipinski definition) is 3. The number of benzene rings is 2. The zero-order valence-electron chi connectivity index (χ0n) is 13.0. The summed E-state index contributed by atoms with van der Waals surface area (Å²) in [6.45, 7) is 3.06. The van der Waals surface area contributed by atoms with Crippen molar-refractivity contribution in [2.24, 2.45) is 5.73 Å². The van der Waals surface area contributed by atoms with Gasteiger partial charge in [0.25, 0.3) is 0 Å². The van der Waals surface area contributed by atoms with E-state index in [0.29, 0.717) is 11.1 Å². The molecule has 0 saturated carbocycles. The van der Waals surface area contributed by atoms with E-state index in [-0.39, 0.29) is 12.2 Å². The largest absolute Gasteiger partial charge is 0.465 e. The number of hydrogen-bond donors (Lipinski definition) is 1. The van der Waals surface area contributed by atoms with Crippen LogP contribution in [0.2, 0.25) is 0 Å². The van der Waals surface area contributed by atoms with Gasteiger partial charge in [-0.05, 0) is 31.0 Å². The smallest absolute Gasteiger partial charge is 0.325 e. The molecule has 0 aliphatic heterocycles. The molecule has 0 aliphatic carbocycles. The summed E-state index contributed by atoms with van der Waals surface area (Å²) in [5, 5.41) is 0. The Hall–Kier alpha value is -2.69. The Morgan fingerprint density at radius 2 is 1.83 bits per heavy atom. The number of rotatable bonds is 5. The van der Waals surface area contributed by atoms with E-state index in [1.165, 1.54) is 19.1 Å². The summed E-state index contributed by atoms with van der Waals surface area (Å²) in [4.78, 5) is 23.9. The van der Waals surface area contributed by atoms with E-state index in [2.05, 4.69) is 0 Å². The first-order chi connectivity index (χ1) is 10.9. The van der Waals surface area contributed by atoms with Gasteiger partial charge in [-0.1, -0.05) is 42.5 Å². The molecule has 0 heterocycles. The minimum absolute atomic E-state index is 0.103. The van der Waals surface area contributed by atoms with Gasteiger partial charge in [0.1, 0.15) is 5.82 Å². The van der Waals surface area contributed by atoms with Crippen LogP contribution in [0.1, 0.15) is 19.4 Å². The maximum atomic E-state index is 14.5. The fourth-order valence-electron chi connectivity index (χ4n) is 2.31. The topological polar surface area (TPSA) is 69.4 Å². The summed E-state index contributed by atoms with van der Waals surface area (Å²) in [6.07, 6.45) is 0. The Kier molecular flexibility index (Phi) is 4.79. The number of halogens is 1. The number of ether oxygens (including phenoxy) is 1. The molecule has 0 bridgehead atoms. The molecule has 2 rings (SSSR count). The van der Waals surface area contributed by atoms with Crippen LogP contribution in [0, 0.1) is 5.82 Å². The molecule has 0 saturated heterocycles. The standard InChI is InChI=1S/C18H18FNO3/c1-3-23-17(22)18(2,16(20)21)13-9-10-14(15(19)11-13)12-7-5-4-6-8-12/h4-11H,3H2,1-2H3,(H2,20,21). The van der Waals surface area contributed by atoms with Crippen LogP contribution < -0.4 is 5.73 Å². The Morgan fingerprint density at radius 1 is 1.17 bits per heavy atom. The lowest BCUT2D eigenvalue weighted by atomic mass is 9.81. The molecule has 0 aromatic heterocycles. The zero-order chi connectivity index (χ0) is 17.0. The van der Waals surface area contributed by atoms with Gasteiger partial charge in [-0.25, -0.2) is 4.39 Å². The molecular weight excluding hydrogens is 297 g/mol. The highest BCUT2D eigenvalue weighted by Crippen LogP contribution is 2.30. The van der Waals surface area contributed by atoms with Crippen LogP contribution in [0.4, 0.5) is 4.39 Å². The highest BCUT2D eigenvalue weighted by molar-refractivity contribution is 6.07. The van der Waals surface area contributed by atoms with Crippen LogP contribution in [-0.4, -0.2) is 18.5 Å². The lowest BCUT2D eigenvalue weighted by Crippen LogP contribution is -2.46. The molecule has 5 heteroatoms. The van der Waals surface area contributed by atoms with Gasteiger partial charge in [-0.3, -0.25) is 9.59 Å². The summed E-state index contributed by atoms with van der Waals surface area (Å²) in [7, 11) is 0. The Morgan fingerprint density at radius 3 is 2.35 bits per heavy atom. The number of nitrogens with two attached hydrogens (primary N) is 1. The quantitative estimate of drug-likeness (QED) is 0.681. The summed E-state index contributed by atoms with van der Waals surface area (Å²) in [5.74, 6) is -2.22. The van der Waals surface area contributed by atoms with Gasteiger partial charge in [0, 0.05) is 5.56 Å². The van der Waals surface area contributed by atoms with Crippen LogP contribution in [0.15, 0.2) is 48.5 Å². The van der Waals surface area contributed by atoms with E-state index in [9.17, 15) is 14.0 Å². The molecule has 4 nitrogen and oxygen atoms in total. The van der Waals surface area contributed by atoms with Gasteiger partial charge in [0.15, 0.2) is 5.41 Å². The van der Waals surface area contributed by atoms with E-state index in [4.69, 9.17) is 10.5 Å². The van der Waals surface area contributed by atoms with Crippen molar-refractivity contribution in [2.45, 2.75) is 19.3 Å². The number of primary amides is 1. The van der Waals surface area contributed by atoms with Gasteiger partial charge < -0.3 is 10.5 Å². The second-order valence-corrected chi connectivity index (χ2v) is 5.27. The normalized spacial score (nSPS) is 13.2. The highest BCUT2D eigenvalue weighted by atomic mass is 19.1. The Bertz CT molecular complexity index is 730. The minimum Gasteiger partial charge on any atom is -0.465 e. The van der Waals surface area contributed by atoms with Crippen LogP contribution in [-0.2, 0) is 19.7 Å². The summed E-state index contributed by atoms with van der Waals surface area (Å²) in [5.41, 5.74) is 4.89. The van der Waals surface area contributed by atoms with E-state index in [0.717, 1.165) is 6.07 Å². The molecule has 0 radical (unpaired) electrons. The number of amides is 1. The molecule has 2 aromatic carbocycles. The molecule has 1 unspecified atom stereocenters. The minimum atomic E-state index is -1.73. The molecule has 120 valence electrons. The van der Waals surface area contributed by atoms with Crippen LogP contribution in [0.5, 0.6) is 0 Å². The molecule has 0 fully saturated rings. The third kappa shape index (κ3) is 3.08. The average Bonchev–Trinajstić information content (AvgIpc) is 2.54. The van der Waals surface area contributed by atoms with Crippen LogP contribution >= 0.6 is 0 Å². The zero-order valence-corrected chi connectivity index (χ0v) is 13.0. The highest BCUT2D eigenvalue weighted by Gasteiger charge is 2.43. The van der Waals surface area contributed by atoms with E-state index < -0.39 is 23.1 Å². The lowest BCUT2D eigenvalue weighted by molar-refractivity contribution is -0.153. The second-order valence-electron chi connectivity index (χ2n) is 5.27. The number of esters is 1. The van der Waals surface area contributed by atoms with Crippen molar-refractivity contribution in [3.8, 4) is 11.1 Å². The molecule has 2 N–H and O–H groups in total. The van der Waals surface area contributed by atoms with Crippen molar-refractivity contribution in [1.29, 1.82) is 0 Å². The van der Waals surface area contributed by atoms with Crippen molar-refractivity contribution >= 4 is 11.9 Å². The molecule has 23 heavy (non-hydrogen) atoms. The van der Waals surface area contributed by atoms with Crippen molar-refractivity contribution in [1.82, 2.24) is 0 Å². The van der Waals surface area contributed by atoms with Gasteiger partial charge >= 0.3 is 5.97 Å². The molecule has 0 aliphatic rings. The third-order valence-corrected chi connectivity index (χ3v) is 3.81. The molecule has 2 aromatic rings. The predicted octanol–water partition coefficient (Wildman–Crippen LogP) is 2.80. The monoisotopic (exact) mass is 315 g/mol. The lowest BCUT2D eigenvalue weighted by Gasteiger charge is -2.24. The van der Waals surface area contributed by atoms with Crippen molar-refractivity contribution in [3.05, 3.63) is 59.9 Å². The van der Waals surface area contributed by atoms with E-state index in [1.54, 1.807) is 31.2 Å². The summed E-state index contributed by atoms with van der Waals surface area (Å²) in [6, 6.07) is 13.2. The number of carbonyl (C=O) groups excluding carboxylic acids is 2. The van der Waals surface area contributed by atoms with Crippen LogP contribution in [0.3, 0.4) is 0 Å². The third-order valence-electron chi connectivity index (χ3n) is 3.81. The Labute approximate surface area is 134 Å². The van der Waals surface area contributed by atoms with Gasteiger partial charge in [-0.15, -0.1) is 0 Å². The van der Waals surface area contributed by atoms with Crippen molar-refractivity contribution in [3.63, 3.8) is 0 Å². The SMILES string of the molecule is CCOC(=O)C(C)(C(N)=O)c1ccc(-c2ccccc2)c(F)c1. The fourth-order valence-corrected chi connectivity index (χ4v) is 2.31. The second kappa shape index (κ2) is 6.60. The first-order valence-corrected chi connectivity index (χ1v) is 7.23. The molecule has 0 spiro atoms. The van der Waals surface area contributed by atoms with Gasteiger partial charge in [0.2, 0.25) is 5.91 Å². The summed E-state index contributed by atoms with van der Waals surface area (Å²) >= 11 is 0.